The molecule has 6 nitrogen and oxygen atoms in total. The van der Waals surface area contributed by atoms with Gasteiger partial charge in [-0.25, -0.2) is 4.68 Å². The number of nitrogens with zero attached hydrogens (tertiary/aromatic N) is 2. The first-order valence-electron chi connectivity index (χ1n) is 7.60. The summed E-state index contributed by atoms with van der Waals surface area (Å²) in [5.41, 5.74) is -0.700. The Hall–Kier alpha value is -2.86. The van der Waals surface area contributed by atoms with Crippen LogP contribution in [0.25, 0.3) is 11.5 Å². The molecule has 0 radical (unpaired) electrons. The second kappa shape index (κ2) is 6.57. The molecule has 0 bridgehead atoms. The number of benzene rings is 1. The molecule has 1 amide bonds. The molecule has 1 N–H and O–H groups in total. The van der Waals surface area contributed by atoms with E-state index < -0.39 is 17.0 Å². The molecule has 0 aliphatic heterocycles. The second-order valence-corrected chi connectivity index (χ2v) is 6.35. The molecule has 0 saturated heterocycles. The van der Waals surface area contributed by atoms with Gasteiger partial charge in [-0.15, -0.1) is 0 Å². The molecule has 0 fully saturated rings. The fraction of sp³-hybridized carbons (Fsp3) is 0.167. The minimum absolute atomic E-state index is 0.394. The van der Waals surface area contributed by atoms with Crippen LogP contribution in [0.2, 0.25) is 5.02 Å². The van der Waals surface area contributed by atoms with E-state index in [2.05, 4.69) is 10.4 Å². The summed E-state index contributed by atoms with van der Waals surface area (Å²) in [5.74, 6) is 0.0999. The van der Waals surface area contributed by atoms with Crippen molar-refractivity contribution < 1.29 is 9.21 Å². The quantitative estimate of drug-likeness (QED) is 0.774. The SMILES string of the molecule is CC(C)(C(=O)Nc1ccccc1Cl)n1nc(-c2ccco2)ccc1=O. The lowest BCUT2D eigenvalue weighted by atomic mass is 10.0. The number of carbonyl (C=O) groups excluding carboxylic acids is 1. The Balaban J connectivity index is 1.96. The van der Waals surface area contributed by atoms with Gasteiger partial charge in [0.2, 0.25) is 0 Å². The van der Waals surface area contributed by atoms with Crippen LogP contribution in [-0.4, -0.2) is 15.7 Å². The van der Waals surface area contributed by atoms with Crippen molar-refractivity contribution in [2.24, 2.45) is 0 Å². The number of carbonyl (C=O) groups is 1. The van der Waals surface area contributed by atoms with Crippen LogP contribution in [0.3, 0.4) is 0 Å². The number of amides is 1. The molecule has 0 unspecified atom stereocenters. The van der Waals surface area contributed by atoms with Crippen LogP contribution < -0.4 is 10.9 Å². The molecule has 0 atom stereocenters. The molecule has 3 aromatic rings. The molecule has 25 heavy (non-hydrogen) atoms. The highest BCUT2D eigenvalue weighted by molar-refractivity contribution is 6.33. The molecule has 3 rings (SSSR count). The van der Waals surface area contributed by atoms with Crippen LogP contribution in [0.5, 0.6) is 0 Å². The number of rotatable bonds is 4. The van der Waals surface area contributed by atoms with Crippen LogP contribution in [0, 0.1) is 0 Å². The van der Waals surface area contributed by atoms with Crippen LogP contribution in [0.4, 0.5) is 5.69 Å². The zero-order valence-corrected chi connectivity index (χ0v) is 14.4. The first-order valence-corrected chi connectivity index (χ1v) is 7.98. The Kier molecular flexibility index (Phi) is 4.46. The highest BCUT2D eigenvalue weighted by atomic mass is 35.5. The lowest BCUT2D eigenvalue weighted by molar-refractivity contribution is -0.123. The van der Waals surface area contributed by atoms with Crippen molar-refractivity contribution in [1.82, 2.24) is 9.78 Å². The fourth-order valence-corrected chi connectivity index (χ4v) is 2.48. The maximum atomic E-state index is 12.7. The number of aromatic nitrogens is 2. The third kappa shape index (κ3) is 3.34. The predicted octanol–water partition coefficient (Wildman–Crippen LogP) is 3.53. The number of hydrogen-bond donors (Lipinski definition) is 1. The Morgan fingerprint density at radius 1 is 1.16 bits per heavy atom. The average molecular weight is 358 g/mol. The summed E-state index contributed by atoms with van der Waals surface area (Å²) in [5, 5.41) is 7.44. The van der Waals surface area contributed by atoms with E-state index in [9.17, 15) is 9.59 Å². The largest absolute Gasteiger partial charge is 0.463 e. The fourth-order valence-electron chi connectivity index (χ4n) is 2.30. The first kappa shape index (κ1) is 17.0. The Morgan fingerprint density at radius 3 is 2.60 bits per heavy atom. The number of furan rings is 1. The first-order chi connectivity index (χ1) is 11.9. The number of hydrogen-bond acceptors (Lipinski definition) is 4. The van der Waals surface area contributed by atoms with Crippen LogP contribution in [0.15, 0.2) is 64.0 Å². The zero-order valence-electron chi connectivity index (χ0n) is 13.7. The normalized spacial score (nSPS) is 11.3. The molecule has 0 spiro atoms. The molecule has 1 aromatic carbocycles. The molecule has 7 heteroatoms. The van der Waals surface area contributed by atoms with Gasteiger partial charge in [0.25, 0.3) is 11.5 Å². The molecule has 0 aliphatic rings. The Labute approximate surface area is 149 Å². The van der Waals surface area contributed by atoms with Crippen LogP contribution >= 0.6 is 11.6 Å². The third-order valence-electron chi connectivity index (χ3n) is 3.78. The maximum absolute atomic E-state index is 12.7. The summed E-state index contributed by atoms with van der Waals surface area (Å²) in [6.07, 6.45) is 1.52. The summed E-state index contributed by atoms with van der Waals surface area (Å²) < 4.78 is 6.44. The van der Waals surface area contributed by atoms with E-state index >= 15 is 0 Å². The molecule has 128 valence electrons. The lowest BCUT2D eigenvalue weighted by Crippen LogP contribution is -2.47. The Bertz CT molecular complexity index is 962. The van der Waals surface area contributed by atoms with Gasteiger partial charge in [-0.3, -0.25) is 9.59 Å². The summed E-state index contributed by atoms with van der Waals surface area (Å²) in [4.78, 5) is 25.0. The second-order valence-electron chi connectivity index (χ2n) is 5.94. The van der Waals surface area contributed by atoms with Crippen molar-refractivity contribution in [1.29, 1.82) is 0 Å². The van der Waals surface area contributed by atoms with E-state index in [1.807, 2.05) is 0 Å². The van der Waals surface area contributed by atoms with Gasteiger partial charge in [-0.1, -0.05) is 23.7 Å². The number of anilines is 1. The van der Waals surface area contributed by atoms with Gasteiger partial charge in [0, 0.05) is 6.07 Å². The number of para-hydroxylation sites is 1. The van der Waals surface area contributed by atoms with Crippen LogP contribution in [-0.2, 0) is 10.3 Å². The Morgan fingerprint density at radius 2 is 1.92 bits per heavy atom. The van der Waals surface area contributed by atoms with Gasteiger partial charge in [-0.05, 0) is 44.2 Å². The van der Waals surface area contributed by atoms with Gasteiger partial charge < -0.3 is 9.73 Å². The van der Waals surface area contributed by atoms with Crippen molar-refractivity contribution >= 4 is 23.2 Å². The minimum Gasteiger partial charge on any atom is -0.463 e. The van der Waals surface area contributed by atoms with Crippen molar-refractivity contribution in [3.8, 4) is 11.5 Å². The van der Waals surface area contributed by atoms with E-state index in [-0.39, 0.29) is 0 Å². The van der Waals surface area contributed by atoms with Crippen molar-refractivity contribution in [3.63, 3.8) is 0 Å². The molecule has 0 saturated carbocycles. The highest BCUT2D eigenvalue weighted by Gasteiger charge is 2.32. The number of halogens is 1. The van der Waals surface area contributed by atoms with E-state index in [1.54, 1.807) is 56.3 Å². The minimum atomic E-state index is -1.24. The summed E-state index contributed by atoms with van der Waals surface area (Å²) in [7, 11) is 0. The summed E-state index contributed by atoms with van der Waals surface area (Å²) >= 11 is 6.08. The maximum Gasteiger partial charge on any atom is 0.267 e. The zero-order chi connectivity index (χ0) is 18.0. The standard InChI is InChI=1S/C18H16ClN3O3/c1-18(2,17(24)20-13-7-4-3-6-12(13)19)22-16(23)10-9-14(21-22)15-8-5-11-25-15/h3-11H,1-2H3,(H,20,24). The lowest BCUT2D eigenvalue weighted by Gasteiger charge is -2.25. The van der Waals surface area contributed by atoms with Crippen molar-refractivity contribution in [2.75, 3.05) is 5.32 Å². The van der Waals surface area contributed by atoms with E-state index in [0.717, 1.165) is 4.68 Å². The van der Waals surface area contributed by atoms with E-state index in [1.165, 1.54) is 12.3 Å². The van der Waals surface area contributed by atoms with Gasteiger partial charge in [0.15, 0.2) is 5.76 Å². The topological polar surface area (TPSA) is 77.1 Å². The molecule has 0 aliphatic carbocycles. The molecule has 2 aromatic heterocycles. The molecular formula is C18H16ClN3O3. The molecular weight excluding hydrogens is 342 g/mol. The predicted molar refractivity (Wildman–Crippen MR) is 95.6 cm³/mol. The van der Waals surface area contributed by atoms with E-state index in [0.29, 0.717) is 22.2 Å². The third-order valence-corrected chi connectivity index (χ3v) is 4.11. The number of nitrogens with one attached hydrogen (secondary N) is 1. The van der Waals surface area contributed by atoms with E-state index in [4.69, 9.17) is 16.0 Å². The van der Waals surface area contributed by atoms with Gasteiger partial charge >= 0.3 is 0 Å². The highest BCUT2D eigenvalue weighted by Crippen LogP contribution is 2.24. The summed E-state index contributed by atoms with van der Waals surface area (Å²) in [6, 6.07) is 13.3. The average Bonchev–Trinajstić information content (AvgIpc) is 3.11. The van der Waals surface area contributed by atoms with Crippen molar-refractivity contribution in [2.45, 2.75) is 19.4 Å². The summed E-state index contributed by atoms with van der Waals surface area (Å²) in [6.45, 7) is 3.22. The van der Waals surface area contributed by atoms with Gasteiger partial charge in [0.1, 0.15) is 11.2 Å². The van der Waals surface area contributed by atoms with Gasteiger partial charge in [0.05, 0.1) is 17.0 Å². The van der Waals surface area contributed by atoms with Crippen LogP contribution in [0.1, 0.15) is 13.8 Å². The monoisotopic (exact) mass is 357 g/mol. The van der Waals surface area contributed by atoms with Crippen molar-refractivity contribution in [3.05, 3.63) is 70.2 Å². The van der Waals surface area contributed by atoms with Gasteiger partial charge in [-0.2, -0.15) is 5.10 Å². The smallest absolute Gasteiger partial charge is 0.267 e. The molecule has 2 heterocycles.